The fourth-order valence-corrected chi connectivity index (χ4v) is 2.80. The number of piperidine rings is 1. The number of likely N-dealkylation sites (tertiary alicyclic amines) is 1. The number of amides is 1. The van der Waals surface area contributed by atoms with Gasteiger partial charge in [-0.25, -0.2) is 4.98 Å². The van der Waals surface area contributed by atoms with Crippen molar-refractivity contribution in [3.8, 4) is 0 Å². The first-order chi connectivity index (χ1) is 9.54. The molecule has 1 aromatic rings. The predicted molar refractivity (Wildman–Crippen MR) is 80.8 cm³/mol. The van der Waals surface area contributed by atoms with Crippen molar-refractivity contribution in [1.82, 2.24) is 9.88 Å². The Bertz CT molecular complexity index is 457. The van der Waals surface area contributed by atoms with Gasteiger partial charge >= 0.3 is 0 Å². The summed E-state index contributed by atoms with van der Waals surface area (Å²) in [7, 11) is 3.86. The lowest BCUT2D eigenvalue weighted by atomic mass is 9.90. The second-order valence-corrected chi connectivity index (χ2v) is 5.72. The van der Waals surface area contributed by atoms with Gasteiger partial charge in [0.1, 0.15) is 5.82 Å². The van der Waals surface area contributed by atoms with E-state index in [0.29, 0.717) is 18.0 Å². The first-order valence-corrected chi connectivity index (χ1v) is 7.19. The maximum atomic E-state index is 12.6. The van der Waals surface area contributed by atoms with E-state index >= 15 is 0 Å². The number of anilines is 1. The van der Waals surface area contributed by atoms with Crippen LogP contribution in [-0.2, 0) is 0 Å². The first-order valence-electron chi connectivity index (χ1n) is 7.19. The van der Waals surface area contributed by atoms with E-state index in [4.69, 9.17) is 5.73 Å². The van der Waals surface area contributed by atoms with Crippen molar-refractivity contribution >= 4 is 11.7 Å². The summed E-state index contributed by atoms with van der Waals surface area (Å²) in [4.78, 5) is 20.8. The Morgan fingerprint density at radius 2 is 2.25 bits per heavy atom. The third kappa shape index (κ3) is 2.93. The maximum Gasteiger partial charge on any atom is 0.255 e. The fourth-order valence-electron chi connectivity index (χ4n) is 2.80. The van der Waals surface area contributed by atoms with Crippen LogP contribution in [0, 0.1) is 5.92 Å². The van der Waals surface area contributed by atoms with Gasteiger partial charge in [-0.15, -0.1) is 0 Å². The molecule has 0 saturated carbocycles. The number of hydrogen-bond donors (Lipinski definition) is 1. The van der Waals surface area contributed by atoms with E-state index in [1.807, 2.05) is 36.0 Å². The van der Waals surface area contributed by atoms with Gasteiger partial charge in [-0.2, -0.15) is 0 Å². The number of hydrogen-bond acceptors (Lipinski definition) is 4. The summed E-state index contributed by atoms with van der Waals surface area (Å²) < 4.78 is 0. The standard InChI is InChI=1S/C15H24N4O/c1-11-5-4-8-19(13(11)9-16)15(20)12-6-7-14(17-10-12)18(2)3/h6-7,10-11,13H,4-5,8-9,16H2,1-3H3/t11-,13-/m0/s1. The van der Waals surface area contributed by atoms with Crippen LogP contribution < -0.4 is 10.6 Å². The van der Waals surface area contributed by atoms with Crippen LogP contribution in [-0.4, -0.2) is 49.0 Å². The van der Waals surface area contributed by atoms with Gasteiger partial charge in [0.25, 0.3) is 5.91 Å². The lowest BCUT2D eigenvalue weighted by Crippen LogP contribution is -2.51. The monoisotopic (exact) mass is 276 g/mol. The molecule has 1 saturated heterocycles. The van der Waals surface area contributed by atoms with Gasteiger partial charge in [0.15, 0.2) is 0 Å². The fraction of sp³-hybridized carbons (Fsp3) is 0.600. The van der Waals surface area contributed by atoms with E-state index in [2.05, 4.69) is 11.9 Å². The second kappa shape index (κ2) is 6.22. The SMILES string of the molecule is C[C@H]1CCCN(C(=O)c2ccc(N(C)C)nc2)[C@H]1CN. The van der Waals surface area contributed by atoms with Crippen LogP contribution in [0.5, 0.6) is 0 Å². The van der Waals surface area contributed by atoms with Crippen molar-refractivity contribution in [1.29, 1.82) is 0 Å². The summed E-state index contributed by atoms with van der Waals surface area (Å²) in [5.74, 6) is 1.36. The van der Waals surface area contributed by atoms with Crippen molar-refractivity contribution < 1.29 is 4.79 Å². The molecule has 1 aliphatic heterocycles. The van der Waals surface area contributed by atoms with E-state index in [-0.39, 0.29) is 11.9 Å². The third-order valence-corrected chi connectivity index (χ3v) is 4.07. The highest BCUT2D eigenvalue weighted by atomic mass is 16.2. The number of rotatable bonds is 3. The summed E-state index contributed by atoms with van der Waals surface area (Å²) >= 11 is 0. The first kappa shape index (κ1) is 14.8. The molecule has 2 rings (SSSR count). The molecular weight excluding hydrogens is 252 g/mol. The summed E-state index contributed by atoms with van der Waals surface area (Å²) in [5, 5.41) is 0. The van der Waals surface area contributed by atoms with Crippen LogP contribution in [0.4, 0.5) is 5.82 Å². The zero-order valence-electron chi connectivity index (χ0n) is 12.5. The number of carbonyl (C=O) groups excluding carboxylic acids is 1. The predicted octanol–water partition coefficient (Wildman–Crippen LogP) is 1.35. The second-order valence-electron chi connectivity index (χ2n) is 5.72. The molecule has 0 bridgehead atoms. The van der Waals surface area contributed by atoms with E-state index < -0.39 is 0 Å². The Hall–Kier alpha value is -1.62. The van der Waals surface area contributed by atoms with Crippen molar-refractivity contribution in [2.45, 2.75) is 25.8 Å². The summed E-state index contributed by atoms with van der Waals surface area (Å²) in [6, 6.07) is 3.86. The molecule has 0 radical (unpaired) electrons. The molecule has 0 unspecified atom stereocenters. The van der Waals surface area contributed by atoms with Crippen molar-refractivity contribution in [3.05, 3.63) is 23.9 Å². The minimum atomic E-state index is 0.0461. The van der Waals surface area contributed by atoms with Gasteiger partial charge in [-0.1, -0.05) is 6.92 Å². The summed E-state index contributed by atoms with van der Waals surface area (Å²) in [6.07, 6.45) is 3.85. The van der Waals surface area contributed by atoms with E-state index in [1.165, 1.54) is 0 Å². The van der Waals surface area contributed by atoms with Gasteiger partial charge < -0.3 is 15.5 Å². The van der Waals surface area contributed by atoms with E-state index in [9.17, 15) is 4.79 Å². The highest BCUT2D eigenvalue weighted by molar-refractivity contribution is 5.94. The highest BCUT2D eigenvalue weighted by Gasteiger charge is 2.31. The molecular formula is C15H24N4O. The topological polar surface area (TPSA) is 62.5 Å². The molecule has 0 spiro atoms. The zero-order valence-corrected chi connectivity index (χ0v) is 12.5. The average molecular weight is 276 g/mol. The van der Waals surface area contributed by atoms with Crippen molar-refractivity contribution in [2.75, 3.05) is 32.1 Å². The molecule has 2 atom stereocenters. The molecule has 5 heteroatoms. The number of carbonyl (C=O) groups is 1. The van der Waals surface area contributed by atoms with Crippen LogP contribution in [0.1, 0.15) is 30.1 Å². The van der Waals surface area contributed by atoms with E-state index in [1.54, 1.807) is 6.20 Å². The Labute approximate surface area is 120 Å². The van der Waals surface area contributed by atoms with Crippen molar-refractivity contribution in [2.24, 2.45) is 11.7 Å². The maximum absolute atomic E-state index is 12.6. The quantitative estimate of drug-likeness (QED) is 0.905. The minimum Gasteiger partial charge on any atom is -0.363 e. The molecule has 2 N–H and O–H groups in total. The van der Waals surface area contributed by atoms with Crippen LogP contribution >= 0.6 is 0 Å². The van der Waals surface area contributed by atoms with Gasteiger partial charge in [-0.05, 0) is 30.9 Å². The van der Waals surface area contributed by atoms with Gasteiger partial charge in [0, 0.05) is 39.4 Å². The lowest BCUT2D eigenvalue weighted by molar-refractivity contribution is 0.0532. The number of aromatic nitrogens is 1. The highest BCUT2D eigenvalue weighted by Crippen LogP contribution is 2.24. The Morgan fingerprint density at radius 1 is 1.50 bits per heavy atom. The average Bonchev–Trinajstić information content (AvgIpc) is 2.46. The summed E-state index contributed by atoms with van der Waals surface area (Å²) in [5.41, 5.74) is 6.49. The Morgan fingerprint density at radius 3 is 2.80 bits per heavy atom. The Balaban J connectivity index is 2.17. The van der Waals surface area contributed by atoms with Crippen LogP contribution in [0.2, 0.25) is 0 Å². The smallest absolute Gasteiger partial charge is 0.255 e. The summed E-state index contributed by atoms with van der Waals surface area (Å²) in [6.45, 7) is 3.49. The van der Waals surface area contributed by atoms with Gasteiger partial charge in [-0.3, -0.25) is 4.79 Å². The normalized spacial score (nSPS) is 22.7. The molecule has 1 amide bonds. The Kier molecular flexibility index (Phi) is 4.60. The molecule has 1 aliphatic rings. The number of pyridine rings is 1. The molecule has 1 aromatic heterocycles. The van der Waals surface area contributed by atoms with Crippen LogP contribution in [0.3, 0.4) is 0 Å². The molecule has 0 aromatic carbocycles. The van der Waals surface area contributed by atoms with Gasteiger partial charge in [0.2, 0.25) is 0 Å². The minimum absolute atomic E-state index is 0.0461. The zero-order chi connectivity index (χ0) is 14.7. The van der Waals surface area contributed by atoms with Gasteiger partial charge in [0.05, 0.1) is 5.56 Å². The van der Waals surface area contributed by atoms with E-state index in [0.717, 1.165) is 25.2 Å². The van der Waals surface area contributed by atoms with Crippen molar-refractivity contribution in [3.63, 3.8) is 0 Å². The molecule has 5 nitrogen and oxygen atoms in total. The number of nitrogens with two attached hydrogens (primary N) is 1. The largest absolute Gasteiger partial charge is 0.363 e. The number of nitrogens with zero attached hydrogens (tertiary/aromatic N) is 3. The molecule has 0 aliphatic carbocycles. The molecule has 2 heterocycles. The van der Waals surface area contributed by atoms with Crippen LogP contribution in [0.25, 0.3) is 0 Å². The third-order valence-electron chi connectivity index (χ3n) is 4.07. The molecule has 20 heavy (non-hydrogen) atoms. The molecule has 1 fully saturated rings. The van der Waals surface area contributed by atoms with Crippen LogP contribution in [0.15, 0.2) is 18.3 Å². The lowest BCUT2D eigenvalue weighted by Gasteiger charge is -2.39. The molecule has 110 valence electrons.